The van der Waals surface area contributed by atoms with Crippen LogP contribution in [-0.2, 0) is 9.59 Å². The number of fused-ring (bicyclic) bond motifs is 5. The fourth-order valence-electron chi connectivity index (χ4n) is 9.65. The zero-order valence-electron chi connectivity index (χ0n) is 21.5. The number of carbonyl (C=O) groups excluding carboxylic acids is 1. The summed E-state index contributed by atoms with van der Waals surface area (Å²) in [7, 11) is 0. The number of nitrogens with one attached hydrogen (secondary N) is 1. The molecule has 3 N–H and O–H groups in total. The molecule has 0 spiro atoms. The summed E-state index contributed by atoms with van der Waals surface area (Å²) in [6, 6.07) is 0. The Morgan fingerprint density at radius 1 is 1.00 bits per heavy atom. The van der Waals surface area contributed by atoms with E-state index in [9.17, 15) is 14.7 Å². The van der Waals surface area contributed by atoms with Crippen molar-refractivity contribution in [3.63, 3.8) is 0 Å². The first kappa shape index (κ1) is 25.0. The topological polar surface area (TPSA) is 86.6 Å². The van der Waals surface area contributed by atoms with Gasteiger partial charge >= 0.3 is 5.97 Å². The molecule has 188 valence electrons. The Labute approximate surface area is 200 Å². The maximum absolute atomic E-state index is 12.7. The number of carboxylic acids is 1. The predicted octanol–water partition coefficient (Wildman–Crippen LogP) is 5.26. The highest BCUT2D eigenvalue weighted by molar-refractivity contribution is 5.85. The van der Waals surface area contributed by atoms with Gasteiger partial charge in [-0.2, -0.15) is 0 Å². The molecule has 0 aromatic heterocycles. The molecule has 4 aliphatic rings. The average molecular weight is 462 g/mol. The highest BCUT2D eigenvalue weighted by Crippen LogP contribution is 2.68. The van der Waals surface area contributed by atoms with Crippen molar-refractivity contribution in [1.29, 1.82) is 0 Å². The van der Waals surface area contributed by atoms with Gasteiger partial charge in [-0.1, -0.05) is 34.6 Å². The maximum Gasteiger partial charge on any atom is 0.322 e. The molecule has 9 unspecified atom stereocenters. The van der Waals surface area contributed by atoms with Crippen LogP contribution >= 0.6 is 0 Å². The van der Waals surface area contributed by atoms with Crippen LogP contribution in [0.3, 0.4) is 0 Å². The highest BCUT2D eigenvalue weighted by atomic mass is 16.4. The van der Waals surface area contributed by atoms with Crippen molar-refractivity contribution in [2.45, 2.75) is 105 Å². The van der Waals surface area contributed by atoms with Crippen LogP contribution in [0.15, 0.2) is 0 Å². The Morgan fingerprint density at radius 2 is 1.67 bits per heavy atom. The summed E-state index contributed by atoms with van der Waals surface area (Å²) in [5.41, 5.74) is 0.206. The van der Waals surface area contributed by atoms with Crippen LogP contribution in [0.25, 0.3) is 0 Å². The lowest BCUT2D eigenvalue weighted by Crippen LogP contribution is -2.54. The van der Waals surface area contributed by atoms with Gasteiger partial charge in [0.25, 0.3) is 0 Å². The molecule has 4 saturated carbocycles. The Morgan fingerprint density at radius 3 is 2.36 bits per heavy atom. The first-order valence-electron chi connectivity index (χ1n) is 13.6. The van der Waals surface area contributed by atoms with Crippen molar-refractivity contribution in [2.24, 2.45) is 51.8 Å². The molecule has 5 heteroatoms. The molecule has 4 rings (SSSR count). The molecule has 0 saturated heterocycles. The molecule has 33 heavy (non-hydrogen) atoms. The monoisotopic (exact) mass is 461 g/mol. The largest absolute Gasteiger partial charge is 0.480 e. The van der Waals surface area contributed by atoms with Crippen LogP contribution in [0.5, 0.6) is 0 Å². The minimum absolute atomic E-state index is 0.0822. The lowest BCUT2D eigenvalue weighted by Gasteiger charge is -2.61. The van der Waals surface area contributed by atoms with Gasteiger partial charge in [0.2, 0.25) is 5.91 Å². The normalized spacial score (nSPS) is 43.7. The first-order chi connectivity index (χ1) is 15.4. The Bertz CT molecular complexity index is 765. The molecule has 0 aromatic rings. The SMILES string of the molecule is CC(CC(C)(C)C(=O)NCC(=O)O)C1CCC2C3CCC4CC(O)CCC4(C)C3CCC12C. The van der Waals surface area contributed by atoms with Gasteiger partial charge in [0.05, 0.1) is 6.10 Å². The second-order valence-corrected chi connectivity index (χ2v) is 13.5. The van der Waals surface area contributed by atoms with Gasteiger partial charge in [0.1, 0.15) is 6.54 Å². The number of carbonyl (C=O) groups is 2. The third-order valence-electron chi connectivity index (χ3n) is 11.2. The van der Waals surface area contributed by atoms with Crippen molar-refractivity contribution in [2.75, 3.05) is 6.54 Å². The van der Waals surface area contributed by atoms with Crippen molar-refractivity contribution < 1.29 is 19.8 Å². The molecular formula is C28H47NO4. The van der Waals surface area contributed by atoms with E-state index in [0.717, 1.165) is 37.0 Å². The van der Waals surface area contributed by atoms with Crippen LogP contribution in [0.1, 0.15) is 98.8 Å². The zero-order chi connectivity index (χ0) is 24.2. The van der Waals surface area contributed by atoms with E-state index in [1.165, 1.54) is 44.9 Å². The van der Waals surface area contributed by atoms with Crippen LogP contribution < -0.4 is 5.32 Å². The number of hydrogen-bond donors (Lipinski definition) is 3. The molecule has 5 nitrogen and oxygen atoms in total. The van der Waals surface area contributed by atoms with E-state index in [2.05, 4.69) is 26.1 Å². The van der Waals surface area contributed by atoms with E-state index in [0.29, 0.717) is 28.6 Å². The number of aliphatic hydroxyl groups excluding tert-OH is 1. The summed E-state index contributed by atoms with van der Waals surface area (Å²) in [6.07, 6.45) is 11.7. The van der Waals surface area contributed by atoms with E-state index >= 15 is 0 Å². The second-order valence-electron chi connectivity index (χ2n) is 13.5. The molecular weight excluding hydrogens is 414 g/mol. The average Bonchev–Trinajstić information content (AvgIpc) is 3.09. The Balaban J connectivity index is 1.45. The fraction of sp³-hybridized carbons (Fsp3) is 0.929. The number of amides is 1. The van der Waals surface area contributed by atoms with E-state index in [4.69, 9.17) is 5.11 Å². The van der Waals surface area contributed by atoms with E-state index in [1.54, 1.807) is 0 Å². The number of rotatable bonds is 6. The summed E-state index contributed by atoms with van der Waals surface area (Å²) in [5, 5.41) is 21.8. The van der Waals surface area contributed by atoms with Gasteiger partial charge in [0, 0.05) is 5.41 Å². The summed E-state index contributed by atoms with van der Waals surface area (Å²) in [4.78, 5) is 23.5. The highest BCUT2D eigenvalue weighted by Gasteiger charge is 2.60. The van der Waals surface area contributed by atoms with Crippen molar-refractivity contribution in [1.82, 2.24) is 5.32 Å². The van der Waals surface area contributed by atoms with Crippen LogP contribution in [0, 0.1) is 51.8 Å². The molecule has 0 bridgehead atoms. The predicted molar refractivity (Wildman–Crippen MR) is 129 cm³/mol. The van der Waals surface area contributed by atoms with Gasteiger partial charge in [-0.3, -0.25) is 9.59 Å². The maximum atomic E-state index is 12.7. The summed E-state index contributed by atoms with van der Waals surface area (Å²) in [6.45, 7) is 11.1. The molecule has 0 aliphatic heterocycles. The molecule has 0 radical (unpaired) electrons. The van der Waals surface area contributed by atoms with E-state index in [1.807, 2.05) is 13.8 Å². The standard InChI is InChI=1S/C28H47NO4/c1-17(15-26(2,3)25(33)29-16-24(31)32)21-8-9-22-20-7-6-18-14-19(30)10-12-27(18,4)23(20)11-13-28(21,22)5/h17-23,30H,6-16H2,1-5H3,(H,29,33)(H,31,32). The minimum Gasteiger partial charge on any atom is -0.480 e. The van der Waals surface area contributed by atoms with E-state index in [-0.39, 0.29) is 18.6 Å². The van der Waals surface area contributed by atoms with Crippen molar-refractivity contribution in [3.8, 4) is 0 Å². The zero-order valence-corrected chi connectivity index (χ0v) is 21.5. The Hall–Kier alpha value is -1.10. The molecule has 9 atom stereocenters. The third kappa shape index (κ3) is 4.36. The minimum atomic E-state index is -0.994. The van der Waals surface area contributed by atoms with Crippen molar-refractivity contribution in [3.05, 3.63) is 0 Å². The number of aliphatic hydroxyl groups is 1. The lowest BCUT2D eigenvalue weighted by molar-refractivity contribution is -0.140. The van der Waals surface area contributed by atoms with Gasteiger partial charge < -0.3 is 15.5 Å². The molecule has 4 aliphatic carbocycles. The second kappa shape index (κ2) is 8.84. The lowest BCUT2D eigenvalue weighted by atomic mass is 9.44. The van der Waals surface area contributed by atoms with Gasteiger partial charge in [-0.05, 0) is 111 Å². The summed E-state index contributed by atoms with van der Waals surface area (Å²) < 4.78 is 0. The molecule has 0 heterocycles. The molecule has 0 aromatic carbocycles. The number of aliphatic carboxylic acids is 1. The van der Waals surface area contributed by atoms with E-state index < -0.39 is 11.4 Å². The molecule has 4 fully saturated rings. The van der Waals surface area contributed by atoms with Crippen LogP contribution in [0.2, 0.25) is 0 Å². The van der Waals surface area contributed by atoms with Crippen molar-refractivity contribution >= 4 is 11.9 Å². The molecule has 1 amide bonds. The number of carboxylic acid groups (broad SMARTS) is 1. The first-order valence-corrected chi connectivity index (χ1v) is 13.6. The number of hydrogen-bond acceptors (Lipinski definition) is 3. The summed E-state index contributed by atoms with van der Waals surface area (Å²) >= 11 is 0. The van der Waals surface area contributed by atoms with Gasteiger partial charge in [0.15, 0.2) is 0 Å². The Kier molecular flexibility index (Phi) is 6.70. The summed E-state index contributed by atoms with van der Waals surface area (Å²) in [5.74, 6) is 3.06. The fourth-order valence-corrected chi connectivity index (χ4v) is 9.65. The van der Waals surface area contributed by atoms with Gasteiger partial charge in [-0.15, -0.1) is 0 Å². The van der Waals surface area contributed by atoms with Crippen LogP contribution in [-0.4, -0.2) is 34.7 Å². The quantitative estimate of drug-likeness (QED) is 0.504. The van der Waals surface area contributed by atoms with Gasteiger partial charge in [-0.25, -0.2) is 0 Å². The van der Waals surface area contributed by atoms with Crippen LogP contribution in [0.4, 0.5) is 0 Å². The third-order valence-corrected chi connectivity index (χ3v) is 11.2. The smallest absolute Gasteiger partial charge is 0.322 e.